The van der Waals surface area contributed by atoms with Crippen LogP contribution in [0.25, 0.3) is 0 Å². The highest BCUT2D eigenvalue weighted by Crippen LogP contribution is 1.96. The second-order valence-corrected chi connectivity index (χ2v) is 3.52. The molecule has 0 aliphatic rings. The van der Waals surface area contributed by atoms with E-state index < -0.39 is 18.1 Å². The summed E-state index contributed by atoms with van der Waals surface area (Å²) in [6, 6.07) is -0.461. The smallest absolute Gasteiger partial charge is 0.323 e. The number of aliphatic carboxylic acids is 1. The number of carbonyl (C=O) groups excluding carboxylic acids is 1. The lowest BCUT2D eigenvalue weighted by Gasteiger charge is -2.25. The summed E-state index contributed by atoms with van der Waals surface area (Å²) >= 11 is 0. The normalized spacial score (nSPS) is 12.0. The van der Waals surface area contributed by atoms with E-state index in [-0.39, 0.29) is 19.7 Å². The number of likely N-dealkylation sites (N-methyl/N-ethyl adjacent to an activating group) is 2. The Morgan fingerprint density at radius 3 is 2.31 bits per heavy atom. The Hall–Kier alpha value is -1.34. The molecule has 0 aromatic heterocycles. The molecule has 0 radical (unpaired) electrons. The first-order chi connectivity index (χ1) is 7.38. The number of aliphatic hydroxyl groups excluding tert-OH is 1. The largest absolute Gasteiger partial charge is 0.480 e. The zero-order chi connectivity index (χ0) is 12.7. The molecule has 0 saturated carbocycles. The summed E-state index contributed by atoms with van der Waals surface area (Å²) in [5.74, 6) is -1.08. The zero-order valence-electron chi connectivity index (χ0n) is 9.71. The maximum atomic E-state index is 11.6. The van der Waals surface area contributed by atoms with Crippen molar-refractivity contribution in [1.82, 2.24) is 9.80 Å². The topological polar surface area (TPSA) is 90.3 Å². The zero-order valence-corrected chi connectivity index (χ0v) is 9.71. The number of nitrogens with zero attached hydrogens (tertiary/aromatic N) is 2. The summed E-state index contributed by atoms with van der Waals surface area (Å²) in [5.41, 5.74) is 0. The molecule has 0 rings (SSSR count). The second kappa shape index (κ2) is 7.02. The Balaban J connectivity index is 4.11. The summed E-state index contributed by atoms with van der Waals surface area (Å²) in [7, 11) is 4.32. The van der Waals surface area contributed by atoms with Gasteiger partial charge in [0.05, 0.1) is 19.3 Å². The van der Waals surface area contributed by atoms with Gasteiger partial charge in [-0.15, -0.1) is 0 Å². The Morgan fingerprint density at radius 1 is 1.31 bits per heavy atom. The fourth-order valence-electron chi connectivity index (χ4n) is 1.20. The molecule has 0 aromatic carbocycles. The van der Waals surface area contributed by atoms with E-state index in [2.05, 4.69) is 0 Å². The van der Waals surface area contributed by atoms with E-state index in [1.165, 1.54) is 26.1 Å². The Bertz CT molecular complexity index is 246. The van der Waals surface area contributed by atoms with Crippen LogP contribution in [0.5, 0.6) is 0 Å². The van der Waals surface area contributed by atoms with Gasteiger partial charge in [0.25, 0.3) is 0 Å². The molecule has 7 nitrogen and oxygen atoms in total. The van der Waals surface area contributed by atoms with Crippen LogP contribution < -0.4 is 0 Å². The van der Waals surface area contributed by atoms with E-state index in [4.69, 9.17) is 9.84 Å². The van der Waals surface area contributed by atoms with Crippen molar-refractivity contribution in [2.75, 3.05) is 40.9 Å². The number of ether oxygens (including phenoxy) is 1. The molecule has 0 heterocycles. The molecule has 7 heteroatoms. The van der Waals surface area contributed by atoms with Gasteiger partial charge in [0, 0.05) is 21.2 Å². The lowest BCUT2D eigenvalue weighted by atomic mass is 10.3. The van der Waals surface area contributed by atoms with Crippen molar-refractivity contribution in [2.24, 2.45) is 0 Å². The summed E-state index contributed by atoms with van der Waals surface area (Å²) in [4.78, 5) is 24.2. The Labute approximate surface area is 94.2 Å². The number of carboxylic acids is 1. The van der Waals surface area contributed by atoms with Crippen LogP contribution in [0.4, 0.5) is 4.79 Å². The number of rotatable bonds is 6. The van der Waals surface area contributed by atoms with Gasteiger partial charge < -0.3 is 24.7 Å². The SMILES string of the molecule is COCC(O)CN(C)C(=O)N(C)CC(=O)O. The molecular weight excluding hydrogens is 216 g/mol. The lowest BCUT2D eigenvalue weighted by Crippen LogP contribution is -2.44. The fourth-order valence-corrected chi connectivity index (χ4v) is 1.20. The van der Waals surface area contributed by atoms with Crippen LogP contribution >= 0.6 is 0 Å². The molecule has 0 fully saturated rings. The number of amides is 2. The van der Waals surface area contributed by atoms with Crippen molar-refractivity contribution < 1.29 is 24.5 Å². The van der Waals surface area contributed by atoms with Gasteiger partial charge in [-0.2, -0.15) is 0 Å². The molecule has 0 aliphatic heterocycles. The average Bonchev–Trinajstić information content (AvgIpc) is 2.15. The van der Waals surface area contributed by atoms with Gasteiger partial charge in [0.1, 0.15) is 6.54 Å². The van der Waals surface area contributed by atoms with E-state index in [9.17, 15) is 14.7 Å². The molecule has 0 aromatic rings. The van der Waals surface area contributed by atoms with Crippen LogP contribution in [0.15, 0.2) is 0 Å². The predicted molar refractivity (Wildman–Crippen MR) is 56.2 cm³/mol. The number of hydrogen-bond donors (Lipinski definition) is 2. The maximum absolute atomic E-state index is 11.6. The second-order valence-electron chi connectivity index (χ2n) is 3.52. The van der Waals surface area contributed by atoms with Gasteiger partial charge in [-0.25, -0.2) is 4.79 Å². The quantitative estimate of drug-likeness (QED) is 0.619. The Morgan fingerprint density at radius 2 is 1.88 bits per heavy atom. The molecule has 2 N–H and O–H groups in total. The van der Waals surface area contributed by atoms with Gasteiger partial charge >= 0.3 is 12.0 Å². The van der Waals surface area contributed by atoms with E-state index in [0.717, 1.165) is 4.90 Å². The average molecular weight is 234 g/mol. The van der Waals surface area contributed by atoms with Gasteiger partial charge in [-0.05, 0) is 0 Å². The van der Waals surface area contributed by atoms with Gasteiger partial charge in [0.15, 0.2) is 0 Å². The van der Waals surface area contributed by atoms with Crippen LogP contribution in [0.1, 0.15) is 0 Å². The summed E-state index contributed by atoms with van der Waals surface area (Å²) in [6.45, 7) is -0.152. The summed E-state index contributed by atoms with van der Waals surface area (Å²) in [6.07, 6.45) is -0.780. The maximum Gasteiger partial charge on any atom is 0.323 e. The van der Waals surface area contributed by atoms with Crippen molar-refractivity contribution in [3.05, 3.63) is 0 Å². The molecule has 0 saturated heterocycles. The van der Waals surface area contributed by atoms with Crippen molar-refractivity contribution in [2.45, 2.75) is 6.10 Å². The van der Waals surface area contributed by atoms with Crippen molar-refractivity contribution in [1.29, 1.82) is 0 Å². The fraction of sp³-hybridized carbons (Fsp3) is 0.778. The highest BCUT2D eigenvalue weighted by molar-refractivity contribution is 5.79. The number of carbonyl (C=O) groups is 2. The number of carboxylic acid groups (broad SMARTS) is 1. The molecule has 2 amide bonds. The number of methoxy groups -OCH3 is 1. The minimum atomic E-state index is -1.08. The monoisotopic (exact) mass is 234 g/mol. The third kappa shape index (κ3) is 5.52. The van der Waals surface area contributed by atoms with Crippen LogP contribution in [0.3, 0.4) is 0 Å². The number of aliphatic hydroxyl groups is 1. The minimum Gasteiger partial charge on any atom is -0.480 e. The predicted octanol–water partition coefficient (Wildman–Crippen LogP) is -0.938. The molecule has 1 atom stereocenters. The molecule has 0 spiro atoms. The Kier molecular flexibility index (Phi) is 6.43. The first-order valence-electron chi connectivity index (χ1n) is 4.73. The van der Waals surface area contributed by atoms with Gasteiger partial charge in [-0.3, -0.25) is 4.79 Å². The molecular formula is C9H18N2O5. The van der Waals surface area contributed by atoms with Crippen molar-refractivity contribution >= 4 is 12.0 Å². The first kappa shape index (κ1) is 14.7. The standard InChI is InChI=1S/C9H18N2O5/c1-10(4-7(12)6-16-3)9(15)11(2)5-8(13)14/h7,12H,4-6H2,1-3H3,(H,13,14). The molecule has 1 unspecified atom stereocenters. The number of urea groups is 1. The third-order valence-corrected chi connectivity index (χ3v) is 1.87. The molecule has 16 heavy (non-hydrogen) atoms. The summed E-state index contributed by atoms with van der Waals surface area (Å²) < 4.78 is 4.71. The van der Waals surface area contributed by atoms with E-state index in [1.54, 1.807) is 0 Å². The highest BCUT2D eigenvalue weighted by atomic mass is 16.5. The lowest BCUT2D eigenvalue weighted by molar-refractivity contribution is -0.137. The van der Waals surface area contributed by atoms with E-state index in [1.807, 2.05) is 0 Å². The first-order valence-corrected chi connectivity index (χ1v) is 4.73. The van der Waals surface area contributed by atoms with Crippen LogP contribution in [-0.4, -0.2) is 79.0 Å². The van der Waals surface area contributed by atoms with Crippen LogP contribution in [0.2, 0.25) is 0 Å². The summed E-state index contributed by atoms with van der Waals surface area (Å²) in [5, 5.41) is 17.9. The van der Waals surface area contributed by atoms with Crippen molar-refractivity contribution in [3.63, 3.8) is 0 Å². The van der Waals surface area contributed by atoms with Gasteiger partial charge in [-0.1, -0.05) is 0 Å². The van der Waals surface area contributed by atoms with Crippen LogP contribution in [0, 0.1) is 0 Å². The van der Waals surface area contributed by atoms with E-state index >= 15 is 0 Å². The number of hydrogen-bond acceptors (Lipinski definition) is 4. The molecule has 0 aliphatic carbocycles. The van der Waals surface area contributed by atoms with Crippen LogP contribution in [-0.2, 0) is 9.53 Å². The minimum absolute atomic E-state index is 0.0939. The molecule has 0 bridgehead atoms. The third-order valence-electron chi connectivity index (χ3n) is 1.87. The van der Waals surface area contributed by atoms with Crippen molar-refractivity contribution in [3.8, 4) is 0 Å². The highest BCUT2D eigenvalue weighted by Gasteiger charge is 2.18. The van der Waals surface area contributed by atoms with E-state index in [0.29, 0.717) is 0 Å². The van der Waals surface area contributed by atoms with Gasteiger partial charge in [0.2, 0.25) is 0 Å². The molecule has 94 valence electrons.